The van der Waals surface area contributed by atoms with Crippen LogP contribution in [-0.4, -0.2) is 73.7 Å². The lowest BCUT2D eigenvalue weighted by Crippen LogP contribution is -2.49. The lowest BCUT2D eigenvalue weighted by Gasteiger charge is -2.35. The summed E-state index contributed by atoms with van der Waals surface area (Å²) in [6.07, 6.45) is 10.5. The van der Waals surface area contributed by atoms with Crippen LogP contribution in [0.3, 0.4) is 0 Å². The summed E-state index contributed by atoms with van der Waals surface area (Å²) in [6.45, 7) is 15.0. The molecule has 0 aliphatic carbocycles. The van der Waals surface area contributed by atoms with Crippen LogP contribution in [-0.2, 0) is 0 Å². The van der Waals surface area contributed by atoms with Gasteiger partial charge in [-0.2, -0.15) is 0 Å². The molecule has 152 valence electrons. The summed E-state index contributed by atoms with van der Waals surface area (Å²) in [6, 6.07) is 1.24. The van der Waals surface area contributed by atoms with Gasteiger partial charge in [0.1, 0.15) is 0 Å². The van der Waals surface area contributed by atoms with E-state index in [-0.39, 0.29) is 0 Å². The van der Waals surface area contributed by atoms with Crippen LogP contribution in [0, 0.1) is 0 Å². The lowest BCUT2D eigenvalue weighted by atomic mass is 10.0. The summed E-state index contributed by atoms with van der Waals surface area (Å²) < 4.78 is 0. The van der Waals surface area contributed by atoms with Crippen LogP contribution < -0.4 is 10.6 Å². The number of hydrogen-bond acceptors (Lipinski definition) is 3. The van der Waals surface area contributed by atoms with Crippen molar-refractivity contribution in [2.45, 2.75) is 84.2 Å². The third kappa shape index (κ3) is 8.26. The van der Waals surface area contributed by atoms with E-state index in [4.69, 9.17) is 4.99 Å². The van der Waals surface area contributed by atoms with Crippen LogP contribution in [0.15, 0.2) is 4.99 Å². The maximum atomic E-state index is 4.81. The molecule has 2 heterocycles. The maximum Gasteiger partial charge on any atom is 0.191 e. The van der Waals surface area contributed by atoms with Crippen molar-refractivity contribution in [2.75, 3.05) is 45.8 Å². The molecular formula is C21H43N5. The molecule has 0 aromatic rings. The summed E-state index contributed by atoms with van der Waals surface area (Å²) in [7, 11) is 0. The van der Waals surface area contributed by atoms with E-state index in [1.54, 1.807) is 0 Å². The quantitative estimate of drug-likeness (QED) is 0.374. The molecule has 2 aliphatic rings. The number of guanidine groups is 1. The van der Waals surface area contributed by atoms with E-state index in [2.05, 4.69) is 41.2 Å². The van der Waals surface area contributed by atoms with Crippen LogP contribution in [0.5, 0.6) is 0 Å². The molecule has 0 amide bonds. The van der Waals surface area contributed by atoms with Gasteiger partial charge < -0.3 is 20.4 Å². The molecule has 2 fully saturated rings. The lowest BCUT2D eigenvalue weighted by molar-refractivity contribution is 0.167. The van der Waals surface area contributed by atoms with Crippen molar-refractivity contribution >= 4 is 5.96 Å². The van der Waals surface area contributed by atoms with Gasteiger partial charge in [0.05, 0.1) is 0 Å². The first-order valence-corrected chi connectivity index (χ1v) is 11.2. The molecule has 0 aromatic carbocycles. The first-order valence-electron chi connectivity index (χ1n) is 11.2. The van der Waals surface area contributed by atoms with Gasteiger partial charge in [0.2, 0.25) is 0 Å². The topological polar surface area (TPSA) is 42.9 Å². The Balaban J connectivity index is 1.60. The summed E-state index contributed by atoms with van der Waals surface area (Å²) in [5.74, 6) is 1.02. The number of unbranched alkanes of at least 4 members (excludes halogenated alkanes) is 2. The first kappa shape index (κ1) is 21.5. The smallest absolute Gasteiger partial charge is 0.191 e. The summed E-state index contributed by atoms with van der Waals surface area (Å²) in [5.41, 5.74) is 0. The van der Waals surface area contributed by atoms with Crippen LogP contribution in [0.1, 0.15) is 72.1 Å². The van der Waals surface area contributed by atoms with Crippen molar-refractivity contribution in [1.82, 2.24) is 20.4 Å². The molecule has 0 radical (unpaired) electrons. The minimum atomic E-state index is 0.571. The molecule has 5 nitrogen and oxygen atoms in total. The van der Waals surface area contributed by atoms with E-state index < -0.39 is 0 Å². The zero-order valence-corrected chi connectivity index (χ0v) is 17.6. The van der Waals surface area contributed by atoms with Gasteiger partial charge in [-0.05, 0) is 78.9 Å². The van der Waals surface area contributed by atoms with Crippen molar-refractivity contribution in [3.8, 4) is 0 Å². The molecular weight excluding hydrogens is 322 g/mol. The number of nitrogens with one attached hydrogen (secondary N) is 2. The van der Waals surface area contributed by atoms with Crippen LogP contribution in [0.4, 0.5) is 0 Å². The maximum absolute atomic E-state index is 4.81. The molecule has 26 heavy (non-hydrogen) atoms. The van der Waals surface area contributed by atoms with E-state index in [0.717, 1.165) is 19.0 Å². The van der Waals surface area contributed by atoms with Crippen molar-refractivity contribution in [2.24, 2.45) is 4.99 Å². The predicted octanol–water partition coefficient (Wildman–Crippen LogP) is 3.07. The molecule has 0 aromatic heterocycles. The molecule has 2 aliphatic heterocycles. The third-order valence-corrected chi connectivity index (χ3v) is 5.80. The number of rotatable bonds is 9. The minimum Gasteiger partial charge on any atom is -0.357 e. The van der Waals surface area contributed by atoms with Gasteiger partial charge in [-0.1, -0.05) is 12.8 Å². The molecule has 0 spiro atoms. The van der Waals surface area contributed by atoms with Crippen molar-refractivity contribution in [1.29, 1.82) is 0 Å². The van der Waals surface area contributed by atoms with Gasteiger partial charge in [0, 0.05) is 38.3 Å². The largest absolute Gasteiger partial charge is 0.357 e. The highest BCUT2D eigenvalue weighted by Crippen LogP contribution is 2.13. The molecule has 2 N–H and O–H groups in total. The van der Waals surface area contributed by atoms with Crippen LogP contribution in [0.2, 0.25) is 0 Å². The highest BCUT2D eigenvalue weighted by atomic mass is 15.2. The molecule has 2 saturated heterocycles. The normalized spacial score (nSPS) is 21.3. The van der Waals surface area contributed by atoms with Crippen LogP contribution >= 0.6 is 0 Å². The molecule has 0 bridgehead atoms. The highest BCUT2D eigenvalue weighted by molar-refractivity contribution is 5.80. The Morgan fingerprint density at radius 3 is 2.38 bits per heavy atom. The fraction of sp³-hybridized carbons (Fsp3) is 0.952. The zero-order chi connectivity index (χ0) is 18.6. The number of nitrogens with zero attached hydrogens (tertiary/aromatic N) is 3. The summed E-state index contributed by atoms with van der Waals surface area (Å²) >= 11 is 0. The Kier molecular flexibility index (Phi) is 10.4. The van der Waals surface area contributed by atoms with Gasteiger partial charge in [-0.15, -0.1) is 0 Å². The first-order chi connectivity index (χ1) is 12.7. The number of likely N-dealkylation sites (tertiary alicyclic amines) is 2. The standard InChI is InChI=1S/C21H43N5/c1-4-22-21(24-20-11-17-26(18-12-20)19(2)3)23-13-7-5-8-14-25-15-9-6-10-16-25/h19-20H,4-18H2,1-3H3,(H2,22,23,24). The van der Waals surface area contributed by atoms with E-state index >= 15 is 0 Å². The summed E-state index contributed by atoms with van der Waals surface area (Å²) in [4.78, 5) is 10.0. The second-order valence-electron chi connectivity index (χ2n) is 8.27. The average molecular weight is 366 g/mol. The van der Waals surface area contributed by atoms with E-state index in [9.17, 15) is 0 Å². The van der Waals surface area contributed by atoms with Gasteiger partial charge in [-0.25, -0.2) is 0 Å². The Morgan fingerprint density at radius 1 is 1.00 bits per heavy atom. The highest BCUT2D eigenvalue weighted by Gasteiger charge is 2.21. The number of piperidine rings is 2. The van der Waals surface area contributed by atoms with E-state index in [1.165, 1.54) is 84.1 Å². The van der Waals surface area contributed by atoms with E-state index in [0.29, 0.717) is 12.1 Å². The van der Waals surface area contributed by atoms with Crippen molar-refractivity contribution in [3.63, 3.8) is 0 Å². The Bertz CT molecular complexity index is 382. The Hall–Kier alpha value is -0.810. The second kappa shape index (κ2) is 12.6. The molecule has 5 heteroatoms. The Labute approximate surface area is 162 Å². The van der Waals surface area contributed by atoms with Crippen molar-refractivity contribution in [3.05, 3.63) is 0 Å². The van der Waals surface area contributed by atoms with Gasteiger partial charge in [-0.3, -0.25) is 4.99 Å². The van der Waals surface area contributed by atoms with Gasteiger partial charge in [0.15, 0.2) is 5.96 Å². The molecule has 0 atom stereocenters. The summed E-state index contributed by atoms with van der Waals surface area (Å²) in [5, 5.41) is 7.09. The van der Waals surface area contributed by atoms with Gasteiger partial charge >= 0.3 is 0 Å². The number of hydrogen-bond donors (Lipinski definition) is 2. The number of aliphatic imine (C=N–C) groups is 1. The van der Waals surface area contributed by atoms with E-state index in [1.807, 2.05) is 0 Å². The second-order valence-corrected chi connectivity index (χ2v) is 8.27. The van der Waals surface area contributed by atoms with Crippen LogP contribution in [0.25, 0.3) is 0 Å². The third-order valence-electron chi connectivity index (χ3n) is 5.80. The molecule has 2 rings (SSSR count). The molecule has 0 saturated carbocycles. The molecule has 0 unspecified atom stereocenters. The predicted molar refractivity (Wildman–Crippen MR) is 113 cm³/mol. The van der Waals surface area contributed by atoms with Crippen molar-refractivity contribution < 1.29 is 0 Å². The Morgan fingerprint density at radius 2 is 1.73 bits per heavy atom. The fourth-order valence-electron chi connectivity index (χ4n) is 4.07. The fourth-order valence-corrected chi connectivity index (χ4v) is 4.07. The SMILES string of the molecule is CCNC(=NCCCCCN1CCCCC1)NC1CCN(C(C)C)CC1. The zero-order valence-electron chi connectivity index (χ0n) is 17.6. The van der Waals surface area contributed by atoms with Gasteiger partial charge in [0.25, 0.3) is 0 Å². The monoisotopic (exact) mass is 365 g/mol. The average Bonchev–Trinajstić information content (AvgIpc) is 2.66. The minimum absolute atomic E-state index is 0.571.